The Labute approximate surface area is 128 Å². The zero-order valence-electron chi connectivity index (χ0n) is 13.6. The number of hydrogen-bond acceptors (Lipinski definition) is 3. The van der Waals surface area contributed by atoms with Gasteiger partial charge in [0.25, 0.3) is 0 Å². The van der Waals surface area contributed by atoms with Gasteiger partial charge in [-0.3, -0.25) is 0 Å². The molecule has 3 nitrogen and oxygen atoms in total. The van der Waals surface area contributed by atoms with Gasteiger partial charge in [-0.2, -0.15) is 0 Å². The first kappa shape index (κ1) is 16.4. The Kier molecular flexibility index (Phi) is 5.73. The lowest BCUT2D eigenvalue weighted by Gasteiger charge is -2.23. The minimum absolute atomic E-state index is 0.171. The van der Waals surface area contributed by atoms with E-state index in [1.807, 2.05) is 19.2 Å². The van der Waals surface area contributed by atoms with Gasteiger partial charge in [0.2, 0.25) is 0 Å². The van der Waals surface area contributed by atoms with Crippen molar-refractivity contribution < 1.29 is 4.39 Å². The molecule has 1 aliphatic rings. The molecule has 0 aromatic heterocycles. The second kappa shape index (κ2) is 7.34. The second-order valence-electron chi connectivity index (χ2n) is 6.45. The van der Waals surface area contributed by atoms with Gasteiger partial charge in [0, 0.05) is 31.7 Å². The van der Waals surface area contributed by atoms with E-state index in [0.717, 1.165) is 31.0 Å². The van der Waals surface area contributed by atoms with Gasteiger partial charge in [0.1, 0.15) is 5.82 Å². The fraction of sp³-hybridized carbons (Fsp3) is 0.647. The summed E-state index contributed by atoms with van der Waals surface area (Å²) < 4.78 is 13.0. The van der Waals surface area contributed by atoms with Crippen LogP contribution in [0.2, 0.25) is 0 Å². The van der Waals surface area contributed by atoms with Crippen LogP contribution in [0, 0.1) is 11.7 Å². The number of hydrogen-bond donors (Lipinski definition) is 1. The summed E-state index contributed by atoms with van der Waals surface area (Å²) in [6.45, 7) is 5.73. The lowest BCUT2D eigenvalue weighted by Crippen LogP contribution is -2.34. The van der Waals surface area contributed by atoms with Crippen molar-refractivity contribution in [1.29, 1.82) is 0 Å². The molecule has 1 heterocycles. The van der Waals surface area contributed by atoms with Crippen molar-refractivity contribution in [3.8, 4) is 0 Å². The Morgan fingerprint density at radius 1 is 1.29 bits per heavy atom. The van der Waals surface area contributed by atoms with Gasteiger partial charge in [-0.15, -0.1) is 0 Å². The molecule has 1 aromatic rings. The molecule has 0 bridgehead atoms. The van der Waals surface area contributed by atoms with E-state index in [2.05, 4.69) is 36.1 Å². The first-order chi connectivity index (χ1) is 10.0. The molecule has 1 aromatic carbocycles. The molecule has 3 unspecified atom stereocenters. The normalized spacial score (nSPS) is 24.7. The summed E-state index contributed by atoms with van der Waals surface area (Å²) in [5.41, 5.74) is 1.16. The number of benzene rings is 1. The molecule has 1 N–H and O–H groups in total. The quantitative estimate of drug-likeness (QED) is 0.868. The fourth-order valence-corrected chi connectivity index (χ4v) is 3.39. The maximum absolute atomic E-state index is 13.0. The van der Waals surface area contributed by atoms with E-state index in [1.165, 1.54) is 6.54 Å². The zero-order chi connectivity index (χ0) is 15.4. The maximum Gasteiger partial charge on any atom is 0.123 e. The van der Waals surface area contributed by atoms with Gasteiger partial charge in [0.05, 0.1) is 0 Å². The van der Waals surface area contributed by atoms with Gasteiger partial charge in [-0.05, 0) is 51.2 Å². The Balaban J connectivity index is 1.88. The van der Waals surface area contributed by atoms with E-state index in [9.17, 15) is 4.39 Å². The summed E-state index contributed by atoms with van der Waals surface area (Å²) >= 11 is 0. The van der Waals surface area contributed by atoms with Crippen LogP contribution in [0.1, 0.15) is 24.9 Å². The Bertz CT molecular complexity index is 432. The SMILES string of the molecule is CNC(CCN1CC(C)C(N(C)C)C1)c1ccc(F)cc1. The highest BCUT2D eigenvalue weighted by Gasteiger charge is 2.30. The van der Waals surface area contributed by atoms with Crippen molar-refractivity contribution >= 4 is 0 Å². The minimum atomic E-state index is -0.171. The van der Waals surface area contributed by atoms with Crippen molar-refractivity contribution in [3.05, 3.63) is 35.6 Å². The summed E-state index contributed by atoms with van der Waals surface area (Å²) in [4.78, 5) is 4.88. The molecule has 0 saturated carbocycles. The van der Waals surface area contributed by atoms with Gasteiger partial charge in [-0.25, -0.2) is 4.39 Å². The van der Waals surface area contributed by atoms with Crippen molar-refractivity contribution in [1.82, 2.24) is 15.1 Å². The second-order valence-corrected chi connectivity index (χ2v) is 6.45. The number of rotatable bonds is 6. The van der Waals surface area contributed by atoms with Crippen LogP contribution in [0.4, 0.5) is 4.39 Å². The van der Waals surface area contributed by atoms with E-state index in [4.69, 9.17) is 0 Å². The average Bonchev–Trinajstić information content (AvgIpc) is 2.82. The number of likely N-dealkylation sites (N-methyl/N-ethyl adjacent to an activating group) is 1. The molecule has 1 saturated heterocycles. The highest BCUT2D eigenvalue weighted by Crippen LogP contribution is 2.23. The number of likely N-dealkylation sites (tertiary alicyclic amines) is 1. The summed E-state index contributed by atoms with van der Waals surface area (Å²) in [5, 5.41) is 3.35. The largest absolute Gasteiger partial charge is 0.313 e. The molecule has 0 aliphatic carbocycles. The van der Waals surface area contributed by atoms with Gasteiger partial charge >= 0.3 is 0 Å². The van der Waals surface area contributed by atoms with E-state index in [1.54, 1.807) is 12.1 Å². The summed E-state index contributed by atoms with van der Waals surface area (Å²) in [7, 11) is 6.31. The smallest absolute Gasteiger partial charge is 0.123 e. The molecular formula is C17H28FN3. The molecule has 0 spiro atoms. The Morgan fingerprint density at radius 2 is 1.95 bits per heavy atom. The van der Waals surface area contributed by atoms with Crippen LogP contribution in [0.5, 0.6) is 0 Å². The molecule has 0 radical (unpaired) electrons. The zero-order valence-corrected chi connectivity index (χ0v) is 13.6. The molecule has 0 amide bonds. The summed E-state index contributed by atoms with van der Waals surface area (Å²) in [6, 6.07) is 7.79. The van der Waals surface area contributed by atoms with E-state index < -0.39 is 0 Å². The Morgan fingerprint density at radius 3 is 2.48 bits per heavy atom. The standard InChI is InChI=1S/C17H28FN3/c1-13-11-21(12-17(13)20(3)4)10-9-16(19-2)14-5-7-15(18)8-6-14/h5-8,13,16-17,19H,9-12H2,1-4H3. The van der Waals surface area contributed by atoms with Crippen LogP contribution < -0.4 is 5.32 Å². The predicted molar refractivity (Wildman–Crippen MR) is 85.9 cm³/mol. The molecule has 4 heteroatoms. The third-order valence-corrected chi connectivity index (χ3v) is 4.67. The predicted octanol–water partition coefficient (Wildman–Crippen LogP) is 2.36. The molecular weight excluding hydrogens is 265 g/mol. The highest BCUT2D eigenvalue weighted by atomic mass is 19.1. The van der Waals surface area contributed by atoms with Crippen molar-refractivity contribution in [2.45, 2.75) is 25.4 Å². The number of nitrogens with zero attached hydrogens (tertiary/aromatic N) is 2. The van der Waals surface area contributed by atoms with E-state index in [-0.39, 0.29) is 5.82 Å². The summed E-state index contributed by atoms with van der Waals surface area (Å²) in [5.74, 6) is 0.551. The van der Waals surface area contributed by atoms with Crippen LogP contribution in [0.15, 0.2) is 24.3 Å². The lowest BCUT2D eigenvalue weighted by atomic mass is 10.0. The molecule has 118 valence electrons. The third-order valence-electron chi connectivity index (χ3n) is 4.67. The molecule has 1 fully saturated rings. The monoisotopic (exact) mass is 293 g/mol. The first-order valence-corrected chi connectivity index (χ1v) is 7.82. The fourth-order valence-electron chi connectivity index (χ4n) is 3.39. The van der Waals surface area contributed by atoms with Gasteiger partial charge < -0.3 is 15.1 Å². The van der Waals surface area contributed by atoms with Crippen LogP contribution in [-0.2, 0) is 0 Å². The molecule has 1 aliphatic heterocycles. The van der Waals surface area contributed by atoms with Crippen LogP contribution >= 0.6 is 0 Å². The maximum atomic E-state index is 13.0. The summed E-state index contributed by atoms with van der Waals surface area (Å²) in [6.07, 6.45) is 1.05. The van der Waals surface area contributed by atoms with Crippen molar-refractivity contribution in [2.75, 3.05) is 40.8 Å². The topological polar surface area (TPSA) is 18.5 Å². The van der Waals surface area contributed by atoms with Gasteiger partial charge in [0.15, 0.2) is 0 Å². The molecule has 2 rings (SSSR count). The lowest BCUT2D eigenvalue weighted by molar-refractivity contribution is 0.248. The van der Waals surface area contributed by atoms with Crippen LogP contribution in [0.25, 0.3) is 0 Å². The first-order valence-electron chi connectivity index (χ1n) is 7.82. The molecule has 21 heavy (non-hydrogen) atoms. The van der Waals surface area contributed by atoms with Gasteiger partial charge in [-0.1, -0.05) is 19.1 Å². The average molecular weight is 293 g/mol. The highest BCUT2D eigenvalue weighted by molar-refractivity contribution is 5.19. The molecule has 3 atom stereocenters. The van der Waals surface area contributed by atoms with Crippen molar-refractivity contribution in [3.63, 3.8) is 0 Å². The van der Waals surface area contributed by atoms with Crippen molar-refractivity contribution in [2.24, 2.45) is 5.92 Å². The Hall–Kier alpha value is -0.970. The van der Waals surface area contributed by atoms with E-state index >= 15 is 0 Å². The number of halogens is 1. The van der Waals surface area contributed by atoms with Crippen LogP contribution in [0.3, 0.4) is 0 Å². The third kappa shape index (κ3) is 4.25. The van der Waals surface area contributed by atoms with Crippen LogP contribution in [-0.4, -0.2) is 56.6 Å². The minimum Gasteiger partial charge on any atom is -0.313 e. The number of nitrogens with one attached hydrogen (secondary N) is 1. The van der Waals surface area contributed by atoms with E-state index in [0.29, 0.717) is 12.1 Å².